The maximum absolute atomic E-state index is 3.61. The van der Waals surface area contributed by atoms with Crippen molar-refractivity contribution in [3.05, 3.63) is 0 Å². The Balaban J connectivity index is 2.10. The van der Waals surface area contributed by atoms with Crippen LogP contribution < -0.4 is 5.32 Å². The van der Waals surface area contributed by atoms with Gasteiger partial charge in [-0.25, -0.2) is 0 Å². The quantitative estimate of drug-likeness (QED) is 0.763. The second-order valence-corrected chi connectivity index (χ2v) is 5.96. The summed E-state index contributed by atoms with van der Waals surface area (Å²) in [5, 5.41) is 3.61. The van der Waals surface area contributed by atoms with E-state index in [4.69, 9.17) is 0 Å². The van der Waals surface area contributed by atoms with Gasteiger partial charge in [-0.15, -0.1) is 0 Å². The maximum Gasteiger partial charge on any atom is 0.0113 e. The lowest BCUT2D eigenvalue weighted by atomic mass is 10.1. The fraction of sp³-hybridized carbons (Fsp3) is 1.00. The average Bonchev–Trinajstić information content (AvgIpc) is 2.29. The summed E-state index contributed by atoms with van der Waals surface area (Å²) in [7, 11) is 0. The third-order valence-corrected chi connectivity index (χ3v) is 4.03. The zero-order valence-corrected chi connectivity index (χ0v) is 12.4. The van der Waals surface area contributed by atoms with Crippen LogP contribution in [-0.2, 0) is 0 Å². The van der Waals surface area contributed by atoms with E-state index >= 15 is 0 Å². The lowest BCUT2D eigenvalue weighted by Crippen LogP contribution is -2.50. The smallest absolute Gasteiger partial charge is 0.0113 e. The molecular weight excluding hydrogens is 210 g/mol. The lowest BCUT2D eigenvalue weighted by molar-refractivity contribution is 0.108. The van der Waals surface area contributed by atoms with E-state index < -0.39 is 0 Å². The molecule has 1 aliphatic rings. The van der Waals surface area contributed by atoms with Gasteiger partial charge in [-0.2, -0.15) is 0 Å². The van der Waals surface area contributed by atoms with Crippen LogP contribution in [0.1, 0.15) is 34.6 Å². The molecule has 0 aromatic rings. The average molecular weight is 241 g/mol. The van der Waals surface area contributed by atoms with Crippen molar-refractivity contribution in [2.24, 2.45) is 5.92 Å². The van der Waals surface area contributed by atoms with E-state index in [1.54, 1.807) is 0 Å². The van der Waals surface area contributed by atoms with Crippen LogP contribution in [0.3, 0.4) is 0 Å². The van der Waals surface area contributed by atoms with E-state index in [0.29, 0.717) is 12.1 Å². The van der Waals surface area contributed by atoms with Crippen molar-refractivity contribution >= 4 is 0 Å². The largest absolute Gasteiger partial charge is 0.313 e. The van der Waals surface area contributed by atoms with Crippen LogP contribution in [0.15, 0.2) is 0 Å². The van der Waals surface area contributed by atoms with E-state index in [1.165, 1.54) is 32.7 Å². The summed E-state index contributed by atoms with van der Waals surface area (Å²) in [5.74, 6) is 0.729. The van der Waals surface area contributed by atoms with Gasteiger partial charge in [-0.3, -0.25) is 9.80 Å². The van der Waals surface area contributed by atoms with Crippen molar-refractivity contribution in [1.82, 2.24) is 15.1 Å². The molecule has 1 unspecified atom stereocenters. The minimum atomic E-state index is 0.631. The summed E-state index contributed by atoms with van der Waals surface area (Å²) in [6, 6.07) is 1.34. The molecule has 1 fully saturated rings. The molecular formula is C14H31N3. The molecule has 3 nitrogen and oxygen atoms in total. The minimum Gasteiger partial charge on any atom is -0.313 e. The van der Waals surface area contributed by atoms with Gasteiger partial charge < -0.3 is 5.32 Å². The molecule has 0 radical (unpaired) electrons. The topological polar surface area (TPSA) is 18.5 Å². The maximum atomic E-state index is 3.61. The molecule has 1 saturated heterocycles. The summed E-state index contributed by atoms with van der Waals surface area (Å²) >= 11 is 0. The molecule has 0 aromatic heterocycles. The van der Waals surface area contributed by atoms with Gasteiger partial charge in [0.15, 0.2) is 0 Å². The normalized spacial score (nSPS) is 21.4. The van der Waals surface area contributed by atoms with Gasteiger partial charge in [0.25, 0.3) is 0 Å². The Hall–Kier alpha value is -0.120. The monoisotopic (exact) mass is 241 g/mol. The SMILES string of the molecule is CC(C)C(C)NCCN1CCN(C(C)C)CC1. The Morgan fingerprint density at radius 3 is 2.00 bits per heavy atom. The molecule has 1 heterocycles. The second kappa shape index (κ2) is 7.34. The molecule has 0 amide bonds. The Morgan fingerprint density at radius 2 is 1.53 bits per heavy atom. The van der Waals surface area contributed by atoms with E-state index in [9.17, 15) is 0 Å². The number of rotatable bonds is 6. The van der Waals surface area contributed by atoms with Gasteiger partial charge in [0.2, 0.25) is 0 Å². The molecule has 102 valence electrons. The minimum absolute atomic E-state index is 0.631. The van der Waals surface area contributed by atoms with Crippen molar-refractivity contribution in [2.75, 3.05) is 39.3 Å². The third-order valence-electron chi connectivity index (χ3n) is 4.03. The van der Waals surface area contributed by atoms with Crippen LogP contribution in [-0.4, -0.2) is 61.2 Å². The van der Waals surface area contributed by atoms with Gasteiger partial charge in [-0.1, -0.05) is 13.8 Å². The van der Waals surface area contributed by atoms with Crippen molar-refractivity contribution in [1.29, 1.82) is 0 Å². The summed E-state index contributed by atoms with van der Waals surface area (Å²) < 4.78 is 0. The van der Waals surface area contributed by atoms with Crippen molar-refractivity contribution in [2.45, 2.75) is 46.7 Å². The van der Waals surface area contributed by atoms with E-state index in [2.05, 4.69) is 49.7 Å². The predicted molar refractivity (Wildman–Crippen MR) is 75.5 cm³/mol. The van der Waals surface area contributed by atoms with Gasteiger partial charge in [0, 0.05) is 51.4 Å². The third kappa shape index (κ3) is 5.36. The van der Waals surface area contributed by atoms with Crippen molar-refractivity contribution in [3.63, 3.8) is 0 Å². The molecule has 1 rings (SSSR count). The molecule has 1 atom stereocenters. The highest BCUT2D eigenvalue weighted by Crippen LogP contribution is 2.05. The van der Waals surface area contributed by atoms with Gasteiger partial charge in [0.05, 0.1) is 0 Å². The number of piperazine rings is 1. The second-order valence-electron chi connectivity index (χ2n) is 5.96. The van der Waals surface area contributed by atoms with Gasteiger partial charge in [-0.05, 0) is 26.7 Å². The van der Waals surface area contributed by atoms with E-state index in [-0.39, 0.29) is 0 Å². The molecule has 17 heavy (non-hydrogen) atoms. The predicted octanol–water partition coefficient (Wildman–Crippen LogP) is 1.65. The van der Waals surface area contributed by atoms with E-state index in [1.807, 2.05) is 0 Å². The van der Waals surface area contributed by atoms with E-state index in [0.717, 1.165) is 12.5 Å². The van der Waals surface area contributed by atoms with Crippen LogP contribution >= 0.6 is 0 Å². The number of nitrogens with one attached hydrogen (secondary N) is 1. The van der Waals surface area contributed by atoms with Crippen molar-refractivity contribution in [3.8, 4) is 0 Å². The standard InChI is InChI=1S/C14H31N3/c1-12(2)14(5)15-6-7-16-8-10-17(11-9-16)13(3)4/h12-15H,6-11H2,1-5H3. The molecule has 3 heteroatoms. The Labute approximate surface area is 108 Å². The zero-order valence-electron chi connectivity index (χ0n) is 12.4. The van der Waals surface area contributed by atoms with Crippen LogP contribution in [0.4, 0.5) is 0 Å². The fourth-order valence-electron chi connectivity index (χ4n) is 2.19. The van der Waals surface area contributed by atoms with Crippen molar-refractivity contribution < 1.29 is 0 Å². The van der Waals surface area contributed by atoms with Crippen LogP contribution in [0, 0.1) is 5.92 Å². The number of nitrogens with zero attached hydrogens (tertiary/aromatic N) is 2. The van der Waals surface area contributed by atoms with Crippen LogP contribution in [0.2, 0.25) is 0 Å². The Morgan fingerprint density at radius 1 is 0.941 bits per heavy atom. The molecule has 0 bridgehead atoms. The molecule has 0 saturated carbocycles. The summed E-state index contributed by atoms with van der Waals surface area (Å²) in [6.45, 7) is 18.7. The first-order chi connectivity index (χ1) is 8.00. The lowest BCUT2D eigenvalue weighted by Gasteiger charge is -2.37. The Kier molecular flexibility index (Phi) is 6.45. The summed E-state index contributed by atoms with van der Waals surface area (Å²) in [5.41, 5.74) is 0. The highest BCUT2D eigenvalue weighted by atomic mass is 15.3. The first kappa shape index (κ1) is 14.9. The highest BCUT2D eigenvalue weighted by Gasteiger charge is 2.18. The highest BCUT2D eigenvalue weighted by molar-refractivity contribution is 4.75. The Bertz CT molecular complexity index is 196. The molecule has 0 aliphatic carbocycles. The fourth-order valence-corrected chi connectivity index (χ4v) is 2.19. The number of hydrogen-bond acceptors (Lipinski definition) is 3. The molecule has 1 aliphatic heterocycles. The molecule has 0 aromatic carbocycles. The summed E-state index contributed by atoms with van der Waals surface area (Å²) in [4.78, 5) is 5.15. The summed E-state index contributed by atoms with van der Waals surface area (Å²) in [6.07, 6.45) is 0. The molecule has 0 spiro atoms. The number of hydrogen-bond donors (Lipinski definition) is 1. The first-order valence-corrected chi connectivity index (χ1v) is 7.20. The van der Waals surface area contributed by atoms with Crippen LogP contribution in [0.25, 0.3) is 0 Å². The first-order valence-electron chi connectivity index (χ1n) is 7.20. The van der Waals surface area contributed by atoms with Gasteiger partial charge in [0.1, 0.15) is 0 Å². The van der Waals surface area contributed by atoms with Crippen LogP contribution in [0.5, 0.6) is 0 Å². The molecule has 1 N–H and O–H groups in total. The zero-order chi connectivity index (χ0) is 12.8. The van der Waals surface area contributed by atoms with Gasteiger partial charge >= 0.3 is 0 Å².